The standard InChI is InChI=1S/C8H6ClN3/c9-7-6(3-10)4-11-8(12-7)5-1-2-5/h4-5H,1-2H2. The van der Waals surface area contributed by atoms with Gasteiger partial charge in [0.15, 0.2) is 5.15 Å². The quantitative estimate of drug-likeness (QED) is 0.619. The Balaban J connectivity index is 2.38. The van der Waals surface area contributed by atoms with Crippen LogP contribution in [0.25, 0.3) is 0 Å². The lowest BCUT2D eigenvalue weighted by Gasteiger charge is -1.96. The van der Waals surface area contributed by atoms with Gasteiger partial charge in [0.25, 0.3) is 0 Å². The van der Waals surface area contributed by atoms with Crippen LogP contribution < -0.4 is 0 Å². The van der Waals surface area contributed by atoms with Gasteiger partial charge in [0.2, 0.25) is 0 Å². The maximum atomic E-state index is 8.55. The van der Waals surface area contributed by atoms with Crippen LogP contribution in [0.1, 0.15) is 30.1 Å². The molecule has 3 nitrogen and oxygen atoms in total. The van der Waals surface area contributed by atoms with Gasteiger partial charge in [0.1, 0.15) is 17.5 Å². The molecule has 1 aromatic heterocycles. The molecule has 0 saturated heterocycles. The van der Waals surface area contributed by atoms with Crippen molar-refractivity contribution < 1.29 is 0 Å². The number of rotatable bonds is 1. The largest absolute Gasteiger partial charge is 0.240 e. The zero-order chi connectivity index (χ0) is 8.55. The van der Waals surface area contributed by atoms with Gasteiger partial charge in [-0.15, -0.1) is 0 Å². The highest BCUT2D eigenvalue weighted by molar-refractivity contribution is 6.30. The van der Waals surface area contributed by atoms with Crippen molar-refractivity contribution in [3.63, 3.8) is 0 Å². The lowest BCUT2D eigenvalue weighted by atomic mass is 10.3. The van der Waals surface area contributed by atoms with Gasteiger partial charge in [0, 0.05) is 12.1 Å². The summed E-state index contributed by atoms with van der Waals surface area (Å²) >= 11 is 5.73. The molecule has 0 spiro atoms. The van der Waals surface area contributed by atoms with Crippen molar-refractivity contribution in [1.29, 1.82) is 5.26 Å². The molecule has 1 aliphatic carbocycles. The van der Waals surface area contributed by atoms with Crippen LogP contribution in [-0.2, 0) is 0 Å². The highest BCUT2D eigenvalue weighted by atomic mass is 35.5. The first-order valence-corrected chi connectivity index (χ1v) is 4.11. The molecule has 1 heterocycles. The van der Waals surface area contributed by atoms with Gasteiger partial charge in [-0.1, -0.05) is 11.6 Å². The molecule has 1 aromatic rings. The zero-order valence-corrected chi connectivity index (χ0v) is 7.04. The summed E-state index contributed by atoms with van der Waals surface area (Å²) in [5, 5.41) is 8.82. The molecule has 1 aliphatic rings. The minimum absolute atomic E-state index is 0.273. The van der Waals surface area contributed by atoms with E-state index in [1.54, 1.807) is 0 Å². The molecule has 1 saturated carbocycles. The third-order valence-corrected chi connectivity index (χ3v) is 2.11. The summed E-state index contributed by atoms with van der Waals surface area (Å²) in [6.45, 7) is 0. The van der Waals surface area contributed by atoms with Crippen molar-refractivity contribution >= 4 is 11.6 Å². The van der Waals surface area contributed by atoms with Crippen LogP contribution >= 0.6 is 11.6 Å². The van der Waals surface area contributed by atoms with Crippen molar-refractivity contribution in [2.45, 2.75) is 18.8 Å². The first-order valence-electron chi connectivity index (χ1n) is 3.74. The summed E-state index contributed by atoms with van der Waals surface area (Å²) < 4.78 is 0. The number of hydrogen-bond acceptors (Lipinski definition) is 3. The Labute approximate surface area is 75.0 Å². The van der Waals surface area contributed by atoms with E-state index >= 15 is 0 Å². The van der Waals surface area contributed by atoms with E-state index in [2.05, 4.69) is 9.97 Å². The normalized spacial score (nSPS) is 15.7. The van der Waals surface area contributed by atoms with E-state index < -0.39 is 0 Å². The summed E-state index contributed by atoms with van der Waals surface area (Å²) in [5.41, 5.74) is 0.348. The molecule has 0 aromatic carbocycles. The van der Waals surface area contributed by atoms with E-state index in [4.69, 9.17) is 16.9 Å². The Morgan fingerprint density at radius 3 is 2.83 bits per heavy atom. The fourth-order valence-electron chi connectivity index (χ4n) is 0.987. The van der Waals surface area contributed by atoms with Gasteiger partial charge >= 0.3 is 0 Å². The Bertz CT molecular complexity index is 352. The Morgan fingerprint density at radius 2 is 2.33 bits per heavy atom. The molecule has 4 heteroatoms. The zero-order valence-electron chi connectivity index (χ0n) is 6.29. The molecule has 0 bridgehead atoms. The Kier molecular flexibility index (Phi) is 1.70. The Morgan fingerprint density at radius 1 is 1.58 bits per heavy atom. The molecule has 60 valence electrons. The molecule has 0 N–H and O–H groups in total. The first-order chi connectivity index (χ1) is 5.81. The number of nitrogens with zero attached hydrogens (tertiary/aromatic N) is 3. The van der Waals surface area contributed by atoms with Crippen LogP contribution in [0.5, 0.6) is 0 Å². The second-order valence-corrected chi connectivity index (χ2v) is 3.18. The van der Waals surface area contributed by atoms with Crippen molar-refractivity contribution in [1.82, 2.24) is 9.97 Å². The van der Waals surface area contributed by atoms with Gasteiger partial charge < -0.3 is 0 Å². The molecular formula is C8H6ClN3. The average molecular weight is 180 g/mol. The number of hydrogen-bond donors (Lipinski definition) is 0. The van der Waals surface area contributed by atoms with Crippen LogP contribution in [0, 0.1) is 11.3 Å². The smallest absolute Gasteiger partial charge is 0.150 e. The minimum Gasteiger partial charge on any atom is -0.240 e. The highest BCUT2D eigenvalue weighted by Crippen LogP contribution is 2.38. The number of halogens is 1. The van der Waals surface area contributed by atoms with Crippen LogP contribution in [0.2, 0.25) is 5.15 Å². The summed E-state index contributed by atoms with van der Waals surface area (Å²) in [6, 6.07) is 1.92. The van der Waals surface area contributed by atoms with E-state index in [-0.39, 0.29) is 5.15 Å². The topological polar surface area (TPSA) is 49.6 Å². The number of nitriles is 1. The van der Waals surface area contributed by atoms with Crippen LogP contribution in [0.3, 0.4) is 0 Å². The lowest BCUT2D eigenvalue weighted by molar-refractivity contribution is 0.923. The molecule has 0 radical (unpaired) electrons. The molecule has 12 heavy (non-hydrogen) atoms. The van der Waals surface area contributed by atoms with Crippen molar-refractivity contribution in [3.05, 3.63) is 22.7 Å². The van der Waals surface area contributed by atoms with Gasteiger partial charge in [0.05, 0.1) is 0 Å². The molecule has 0 atom stereocenters. The monoisotopic (exact) mass is 179 g/mol. The van der Waals surface area contributed by atoms with E-state index in [1.807, 2.05) is 6.07 Å². The predicted molar refractivity (Wildman–Crippen MR) is 43.7 cm³/mol. The van der Waals surface area contributed by atoms with Gasteiger partial charge in [-0.25, -0.2) is 9.97 Å². The molecule has 0 aliphatic heterocycles. The summed E-state index contributed by atoms with van der Waals surface area (Å²) in [7, 11) is 0. The fourth-order valence-corrected chi connectivity index (χ4v) is 1.16. The fraction of sp³-hybridized carbons (Fsp3) is 0.375. The molecule has 1 fully saturated rings. The second-order valence-electron chi connectivity index (χ2n) is 2.82. The molecule has 0 unspecified atom stereocenters. The van der Waals surface area contributed by atoms with Crippen molar-refractivity contribution in [2.24, 2.45) is 0 Å². The van der Waals surface area contributed by atoms with E-state index in [0.717, 1.165) is 18.7 Å². The molecular weight excluding hydrogens is 174 g/mol. The van der Waals surface area contributed by atoms with E-state index in [9.17, 15) is 0 Å². The highest BCUT2D eigenvalue weighted by Gasteiger charge is 2.26. The lowest BCUT2D eigenvalue weighted by Crippen LogP contribution is -1.94. The maximum Gasteiger partial charge on any atom is 0.150 e. The van der Waals surface area contributed by atoms with Crippen LogP contribution in [0.4, 0.5) is 0 Å². The molecule has 2 rings (SSSR count). The predicted octanol–water partition coefficient (Wildman–Crippen LogP) is 1.88. The van der Waals surface area contributed by atoms with E-state index in [1.165, 1.54) is 6.20 Å². The summed E-state index contributed by atoms with van der Waals surface area (Å²) in [4.78, 5) is 8.09. The maximum absolute atomic E-state index is 8.55. The SMILES string of the molecule is N#Cc1cnc(C2CC2)nc1Cl. The van der Waals surface area contributed by atoms with Crippen molar-refractivity contribution in [3.8, 4) is 6.07 Å². The van der Waals surface area contributed by atoms with E-state index in [0.29, 0.717) is 11.5 Å². The van der Waals surface area contributed by atoms with Crippen LogP contribution in [0.15, 0.2) is 6.20 Å². The number of aromatic nitrogens is 2. The average Bonchev–Trinajstić information content (AvgIpc) is 2.86. The minimum atomic E-state index is 0.273. The van der Waals surface area contributed by atoms with Gasteiger partial charge in [-0.3, -0.25) is 0 Å². The first kappa shape index (κ1) is 7.51. The Hall–Kier alpha value is -1.14. The summed E-state index contributed by atoms with van der Waals surface area (Å²) in [6.07, 6.45) is 3.77. The van der Waals surface area contributed by atoms with Gasteiger partial charge in [-0.05, 0) is 12.8 Å². The third-order valence-electron chi connectivity index (χ3n) is 1.82. The second kappa shape index (κ2) is 2.72. The third kappa shape index (κ3) is 1.26. The van der Waals surface area contributed by atoms with Crippen molar-refractivity contribution in [2.75, 3.05) is 0 Å². The van der Waals surface area contributed by atoms with Gasteiger partial charge in [-0.2, -0.15) is 5.26 Å². The molecule has 0 amide bonds. The summed E-state index contributed by atoms with van der Waals surface area (Å²) in [5.74, 6) is 1.26. The van der Waals surface area contributed by atoms with Crippen LogP contribution in [-0.4, -0.2) is 9.97 Å².